The van der Waals surface area contributed by atoms with Gasteiger partial charge in [0.2, 0.25) is 0 Å². The van der Waals surface area contributed by atoms with Gasteiger partial charge >= 0.3 is 0 Å². The summed E-state index contributed by atoms with van der Waals surface area (Å²) >= 11 is 0. The average Bonchev–Trinajstić information content (AvgIpc) is 2.72. The number of nitro groups is 1. The Morgan fingerprint density at radius 1 is 1.23 bits per heavy atom. The summed E-state index contributed by atoms with van der Waals surface area (Å²) in [5.41, 5.74) is 4.42. The third kappa shape index (κ3) is 2.80. The van der Waals surface area contributed by atoms with Crippen molar-refractivity contribution < 1.29 is 4.92 Å². The van der Waals surface area contributed by atoms with Crippen molar-refractivity contribution in [3.05, 3.63) is 69.3 Å². The Morgan fingerprint density at radius 3 is 2.86 bits per heavy atom. The summed E-state index contributed by atoms with van der Waals surface area (Å²) in [6, 6.07) is 13.6. The Hall–Kier alpha value is -2.40. The first-order valence-electron chi connectivity index (χ1n) is 7.43. The fourth-order valence-electron chi connectivity index (χ4n) is 2.94. The molecule has 1 aliphatic heterocycles. The molecule has 0 aromatic heterocycles. The lowest BCUT2D eigenvalue weighted by molar-refractivity contribution is -0.385. The van der Waals surface area contributed by atoms with Gasteiger partial charge in [-0.1, -0.05) is 30.3 Å². The predicted octanol–water partition coefficient (Wildman–Crippen LogP) is 3.01. The lowest BCUT2D eigenvalue weighted by atomic mass is 10.1. The first-order valence-corrected chi connectivity index (χ1v) is 7.43. The van der Waals surface area contributed by atoms with Gasteiger partial charge in [0.25, 0.3) is 5.69 Å². The molecule has 0 amide bonds. The van der Waals surface area contributed by atoms with Crippen molar-refractivity contribution in [1.82, 2.24) is 5.32 Å². The van der Waals surface area contributed by atoms with Gasteiger partial charge in [-0.05, 0) is 24.1 Å². The molecule has 2 aromatic rings. The second-order valence-corrected chi connectivity index (χ2v) is 5.55. The molecule has 0 aliphatic carbocycles. The number of fused-ring (bicyclic) bond motifs is 1. The minimum absolute atomic E-state index is 0.193. The van der Waals surface area contributed by atoms with Crippen LogP contribution in [-0.2, 0) is 13.1 Å². The number of nitrogens with zero attached hydrogens (tertiary/aromatic N) is 2. The molecule has 0 spiro atoms. The zero-order valence-corrected chi connectivity index (χ0v) is 12.6. The van der Waals surface area contributed by atoms with Gasteiger partial charge in [0.1, 0.15) is 0 Å². The van der Waals surface area contributed by atoms with Gasteiger partial charge in [-0.25, -0.2) is 0 Å². The molecule has 0 saturated heterocycles. The van der Waals surface area contributed by atoms with Crippen molar-refractivity contribution in [2.45, 2.75) is 20.0 Å². The van der Waals surface area contributed by atoms with Crippen LogP contribution in [-0.4, -0.2) is 18.0 Å². The fraction of sp³-hybridized carbons (Fsp3) is 0.294. The van der Waals surface area contributed by atoms with E-state index in [1.807, 2.05) is 25.1 Å². The lowest BCUT2D eigenvalue weighted by Crippen LogP contribution is -2.28. The Kier molecular flexibility index (Phi) is 4.06. The topological polar surface area (TPSA) is 58.4 Å². The van der Waals surface area contributed by atoms with Crippen molar-refractivity contribution >= 4 is 11.4 Å². The monoisotopic (exact) mass is 297 g/mol. The van der Waals surface area contributed by atoms with Crippen molar-refractivity contribution in [1.29, 1.82) is 0 Å². The van der Waals surface area contributed by atoms with Crippen LogP contribution in [0.2, 0.25) is 0 Å². The zero-order chi connectivity index (χ0) is 15.5. The highest BCUT2D eigenvalue weighted by molar-refractivity contribution is 5.56. The van der Waals surface area contributed by atoms with E-state index in [2.05, 4.69) is 22.3 Å². The van der Waals surface area contributed by atoms with Crippen molar-refractivity contribution in [3.63, 3.8) is 0 Å². The van der Waals surface area contributed by atoms with E-state index in [4.69, 9.17) is 0 Å². The van der Waals surface area contributed by atoms with Crippen LogP contribution in [0.15, 0.2) is 42.5 Å². The smallest absolute Gasteiger partial charge is 0.272 e. The standard InChI is InChI=1S/C17H19N3O2/c1-13-15(6-4-8-16(13)20(21)22)12-19-10-9-18-11-14-5-2-3-7-17(14)19/h2-8,18H,9-12H2,1H3. The molecule has 0 saturated carbocycles. The fourth-order valence-corrected chi connectivity index (χ4v) is 2.94. The van der Waals surface area contributed by atoms with Crippen LogP contribution >= 0.6 is 0 Å². The number of hydrogen-bond donors (Lipinski definition) is 1. The Labute approximate surface area is 129 Å². The number of nitro benzene ring substituents is 1. The summed E-state index contributed by atoms with van der Waals surface area (Å²) in [6.45, 7) is 5.17. The molecule has 0 bridgehead atoms. The van der Waals surface area contributed by atoms with Gasteiger partial charge in [0.15, 0.2) is 0 Å². The van der Waals surface area contributed by atoms with Crippen LogP contribution in [0.1, 0.15) is 16.7 Å². The van der Waals surface area contributed by atoms with E-state index in [1.165, 1.54) is 11.3 Å². The number of nitrogens with one attached hydrogen (secondary N) is 1. The van der Waals surface area contributed by atoms with Gasteiger partial charge in [0, 0.05) is 43.5 Å². The van der Waals surface area contributed by atoms with Crippen LogP contribution in [0.4, 0.5) is 11.4 Å². The molecule has 3 rings (SSSR count). The zero-order valence-electron chi connectivity index (χ0n) is 12.6. The largest absolute Gasteiger partial charge is 0.366 e. The molecule has 5 heteroatoms. The highest BCUT2D eigenvalue weighted by atomic mass is 16.6. The van der Waals surface area contributed by atoms with E-state index in [0.29, 0.717) is 6.54 Å². The molecular weight excluding hydrogens is 278 g/mol. The first-order chi connectivity index (χ1) is 10.7. The highest BCUT2D eigenvalue weighted by Crippen LogP contribution is 2.27. The Bertz CT molecular complexity index is 700. The minimum Gasteiger partial charge on any atom is -0.366 e. The van der Waals surface area contributed by atoms with E-state index in [9.17, 15) is 10.1 Å². The summed E-state index contributed by atoms with van der Waals surface area (Å²) in [5.74, 6) is 0. The summed E-state index contributed by atoms with van der Waals surface area (Å²) < 4.78 is 0. The van der Waals surface area contributed by atoms with E-state index in [-0.39, 0.29) is 10.6 Å². The third-order valence-electron chi connectivity index (χ3n) is 4.18. The van der Waals surface area contributed by atoms with E-state index in [1.54, 1.807) is 12.1 Å². The molecule has 114 valence electrons. The number of rotatable bonds is 3. The molecule has 1 aliphatic rings. The third-order valence-corrected chi connectivity index (χ3v) is 4.18. The second kappa shape index (κ2) is 6.15. The van der Waals surface area contributed by atoms with Gasteiger partial charge in [-0.15, -0.1) is 0 Å². The van der Waals surface area contributed by atoms with E-state index < -0.39 is 0 Å². The number of anilines is 1. The minimum atomic E-state index is -0.309. The van der Waals surface area contributed by atoms with Crippen LogP contribution in [0.5, 0.6) is 0 Å². The Balaban J connectivity index is 1.93. The average molecular weight is 297 g/mol. The van der Waals surface area contributed by atoms with Crippen molar-refractivity contribution in [2.75, 3.05) is 18.0 Å². The van der Waals surface area contributed by atoms with Crippen LogP contribution in [0, 0.1) is 17.0 Å². The highest BCUT2D eigenvalue weighted by Gasteiger charge is 2.18. The molecule has 5 nitrogen and oxygen atoms in total. The lowest BCUT2D eigenvalue weighted by Gasteiger charge is -2.25. The summed E-state index contributed by atoms with van der Waals surface area (Å²) in [5, 5.41) is 14.5. The quantitative estimate of drug-likeness (QED) is 0.699. The molecular formula is C17H19N3O2. The molecule has 22 heavy (non-hydrogen) atoms. The first kappa shape index (κ1) is 14.5. The predicted molar refractivity (Wildman–Crippen MR) is 87.0 cm³/mol. The maximum absolute atomic E-state index is 11.1. The number of benzene rings is 2. The molecule has 2 aromatic carbocycles. The molecule has 0 radical (unpaired) electrons. The van der Waals surface area contributed by atoms with Gasteiger partial charge in [-0.2, -0.15) is 0 Å². The van der Waals surface area contributed by atoms with Crippen LogP contribution in [0.3, 0.4) is 0 Å². The van der Waals surface area contributed by atoms with Crippen molar-refractivity contribution in [3.8, 4) is 0 Å². The normalized spacial score (nSPS) is 14.3. The molecule has 0 atom stereocenters. The molecule has 0 unspecified atom stereocenters. The summed E-state index contributed by atoms with van der Waals surface area (Å²) in [4.78, 5) is 13.1. The van der Waals surface area contributed by atoms with Crippen LogP contribution < -0.4 is 10.2 Å². The van der Waals surface area contributed by atoms with Gasteiger partial charge in [0.05, 0.1) is 4.92 Å². The van der Waals surface area contributed by atoms with Crippen LogP contribution in [0.25, 0.3) is 0 Å². The number of para-hydroxylation sites is 1. The van der Waals surface area contributed by atoms with Gasteiger partial charge < -0.3 is 10.2 Å². The maximum atomic E-state index is 11.1. The SMILES string of the molecule is Cc1c(CN2CCNCc3ccccc32)cccc1[N+](=O)[O-]. The van der Waals surface area contributed by atoms with Crippen molar-refractivity contribution in [2.24, 2.45) is 0 Å². The number of hydrogen-bond acceptors (Lipinski definition) is 4. The molecule has 1 N–H and O–H groups in total. The summed E-state index contributed by atoms with van der Waals surface area (Å²) in [7, 11) is 0. The summed E-state index contributed by atoms with van der Waals surface area (Å²) in [6.07, 6.45) is 0. The molecule has 1 heterocycles. The maximum Gasteiger partial charge on any atom is 0.272 e. The van der Waals surface area contributed by atoms with Gasteiger partial charge in [-0.3, -0.25) is 10.1 Å². The Morgan fingerprint density at radius 2 is 2.05 bits per heavy atom. The van der Waals surface area contributed by atoms with E-state index in [0.717, 1.165) is 30.8 Å². The van der Waals surface area contributed by atoms with E-state index >= 15 is 0 Å². The second-order valence-electron chi connectivity index (χ2n) is 5.55. The molecule has 0 fully saturated rings.